The zero-order chi connectivity index (χ0) is 15.1. The number of rotatable bonds is 2. The number of fused-ring (bicyclic) bond motifs is 1. The first-order chi connectivity index (χ1) is 9.99. The Morgan fingerprint density at radius 2 is 2.00 bits per heavy atom. The Kier molecular flexibility index (Phi) is 4.00. The van der Waals surface area contributed by atoms with Crippen LogP contribution in [0.2, 0.25) is 5.02 Å². The number of hydrogen-bond acceptors (Lipinski definition) is 1. The molecular formula is C16H13BrCl2N2. The molecule has 1 heterocycles. The summed E-state index contributed by atoms with van der Waals surface area (Å²) in [7, 11) is 0. The van der Waals surface area contributed by atoms with E-state index in [4.69, 9.17) is 23.2 Å². The molecule has 5 heteroatoms. The smallest absolute Gasteiger partial charge is 0.132 e. The molecule has 0 aliphatic rings. The first-order valence-electron chi connectivity index (χ1n) is 6.56. The molecule has 3 rings (SSSR count). The minimum atomic E-state index is -0.199. The Balaban J connectivity index is 2.41. The molecule has 1 atom stereocenters. The van der Waals surface area contributed by atoms with E-state index < -0.39 is 0 Å². The highest BCUT2D eigenvalue weighted by Crippen LogP contribution is 2.32. The molecular weight excluding hydrogens is 371 g/mol. The van der Waals surface area contributed by atoms with Crippen LogP contribution in [-0.2, 0) is 0 Å². The van der Waals surface area contributed by atoms with Crippen molar-refractivity contribution < 1.29 is 0 Å². The largest absolute Gasteiger partial charge is 0.295 e. The highest BCUT2D eigenvalue weighted by molar-refractivity contribution is 9.10. The molecule has 0 amide bonds. The monoisotopic (exact) mass is 382 g/mol. The van der Waals surface area contributed by atoms with E-state index in [1.807, 2.05) is 37.3 Å². The number of halogens is 3. The Morgan fingerprint density at radius 1 is 1.24 bits per heavy atom. The predicted octanol–water partition coefficient (Wildman–Crippen LogP) is 6.05. The van der Waals surface area contributed by atoms with Gasteiger partial charge in [-0.2, -0.15) is 0 Å². The molecule has 0 bridgehead atoms. The fraction of sp³-hybridized carbons (Fsp3) is 0.188. The number of aromatic nitrogens is 2. The normalized spacial score (nSPS) is 12.8. The van der Waals surface area contributed by atoms with Crippen LogP contribution in [0, 0.1) is 6.92 Å². The third-order valence-electron chi connectivity index (χ3n) is 3.48. The number of benzene rings is 2. The summed E-state index contributed by atoms with van der Waals surface area (Å²) in [6.45, 7) is 3.99. The summed E-state index contributed by atoms with van der Waals surface area (Å²) < 4.78 is 3.14. The molecule has 0 saturated heterocycles. The van der Waals surface area contributed by atoms with Crippen LogP contribution in [0.25, 0.3) is 16.7 Å². The van der Waals surface area contributed by atoms with Crippen molar-refractivity contribution in [1.82, 2.24) is 9.55 Å². The maximum absolute atomic E-state index is 6.33. The van der Waals surface area contributed by atoms with Gasteiger partial charge in [-0.3, -0.25) is 4.57 Å². The third kappa shape index (κ3) is 2.59. The molecule has 1 aromatic heterocycles. The van der Waals surface area contributed by atoms with Crippen molar-refractivity contribution in [3.63, 3.8) is 0 Å². The van der Waals surface area contributed by atoms with E-state index in [1.54, 1.807) is 0 Å². The molecule has 0 saturated carbocycles. The summed E-state index contributed by atoms with van der Waals surface area (Å²) in [5, 5.41) is 0.486. The minimum absolute atomic E-state index is 0.199. The van der Waals surface area contributed by atoms with E-state index in [9.17, 15) is 0 Å². The van der Waals surface area contributed by atoms with Gasteiger partial charge in [-0.1, -0.05) is 33.6 Å². The van der Waals surface area contributed by atoms with Crippen molar-refractivity contribution in [2.75, 3.05) is 0 Å². The van der Waals surface area contributed by atoms with Crippen molar-refractivity contribution in [3.05, 3.63) is 57.3 Å². The van der Waals surface area contributed by atoms with Crippen LogP contribution in [0.1, 0.15) is 23.7 Å². The summed E-state index contributed by atoms with van der Waals surface area (Å²) in [4.78, 5) is 4.66. The van der Waals surface area contributed by atoms with E-state index >= 15 is 0 Å². The zero-order valence-corrected chi connectivity index (χ0v) is 14.7. The average Bonchev–Trinajstić information content (AvgIpc) is 2.80. The zero-order valence-electron chi connectivity index (χ0n) is 11.6. The summed E-state index contributed by atoms with van der Waals surface area (Å²) in [6.07, 6.45) is 0. The van der Waals surface area contributed by atoms with Gasteiger partial charge in [0.2, 0.25) is 0 Å². The topological polar surface area (TPSA) is 17.8 Å². The summed E-state index contributed by atoms with van der Waals surface area (Å²) >= 11 is 16.1. The van der Waals surface area contributed by atoms with Crippen LogP contribution in [0.15, 0.2) is 40.9 Å². The highest BCUT2D eigenvalue weighted by atomic mass is 79.9. The van der Waals surface area contributed by atoms with Crippen molar-refractivity contribution >= 4 is 50.2 Å². The van der Waals surface area contributed by atoms with Crippen molar-refractivity contribution in [3.8, 4) is 5.69 Å². The minimum Gasteiger partial charge on any atom is -0.295 e. The predicted molar refractivity (Wildman–Crippen MR) is 92.8 cm³/mol. The molecule has 0 N–H and O–H groups in total. The molecule has 1 unspecified atom stereocenters. The van der Waals surface area contributed by atoms with Crippen molar-refractivity contribution in [2.24, 2.45) is 0 Å². The number of nitrogens with zero attached hydrogens (tertiary/aromatic N) is 2. The second-order valence-electron chi connectivity index (χ2n) is 4.94. The van der Waals surface area contributed by atoms with Gasteiger partial charge in [-0.15, -0.1) is 11.6 Å². The van der Waals surface area contributed by atoms with Crippen LogP contribution in [0.5, 0.6) is 0 Å². The Bertz CT molecular complexity index is 825. The fourth-order valence-electron chi connectivity index (χ4n) is 2.43. The Hall–Kier alpha value is -1.03. The molecule has 0 radical (unpaired) electrons. The highest BCUT2D eigenvalue weighted by Gasteiger charge is 2.18. The second kappa shape index (κ2) is 5.64. The Labute approximate surface area is 141 Å². The van der Waals surface area contributed by atoms with Gasteiger partial charge >= 0.3 is 0 Å². The lowest BCUT2D eigenvalue weighted by Gasteiger charge is -2.14. The van der Waals surface area contributed by atoms with Gasteiger partial charge in [0, 0.05) is 9.50 Å². The summed E-state index contributed by atoms with van der Waals surface area (Å²) in [5.41, 5.74) is 4.04. The third-order valence-corrected chi connectivity index (χ3v) is 4.77. The van der Waals surface area contributed by atoms with Gasteiger partial charge in [0.15, 0.2) is 0 Å². The lowest BCUT2D eigenvalue weighted by Crippen LogP contribution is -2.04. The molecule has 0 fully saturated rings. The summed E-state index contributed by atoms with van der Waals surface area (Å²) in [5.74, 6) is 0.815. The first-order valence-corrected chi connectivity index (χ1v) is 8.17. The van der Waals surface area contributed by atoms with E-state index in [0.29, 0.717) is 5.02 Å². The van der Waals surface area contributed by atoms with E-state index in [0.717, 1.165) is 32.6 Å². The van der Waals surface area contributed by atoms with Crippen LogP contribution in [0.4, 0.5) is 0 Å². The quantitative estimate of drug-likeness (QED) is 0.492. The lowest BCUT2D eigenvalue weighted by molar-refractivity contribution is 0.877. The Morgan fingerprint density at radius 3 is 2.71 bits per heavy atom. The lowest BCUT2D eigenvalue weighted by atomic mass is 10.2. The van der Waals surface area contributed by atoms with Gasteiger partial charge in [-0.25, -0.2) is 4.98 Å². The SMILES string of the molecule is Cc1c(Br)cccc1-n1c(C(C)Cl)nc2ccc(Cl)cc21. The standard InChI is InChI=1S/C16H13BrCl2N2/c1-9-12(17)4-3-5-14(9)21-15-8-11(19)6-7-13(15)20-16(21)10(2)18/h3-8,10H,1-2H3. The van der Waals surface area contributed by atoms with Gasteiger partial charge in [0.05, 0.1) is 22.1 Å². The van der Waals surface area contributed by atoms with Gasteiger partial charge in [0.1, 0.15) is 5.82 Å². The van der Waals surface area contributed by atoms with E-state index in [1.165, 1.54) is 0 Å². The van der Waals surface area contributed by atoms with Gasteiger partial charge in [0.25, 0.3) is 0 Å². The summed E-state index contributed by atoms with van der Waals surface area (Å²) in [6, 6.07) is 11.8. The molecule has 0 aliphatic carbocycles. The molecule has 2 nitrogen and oxygen atoms in total. The van der Waals surface area contributed by atoms with Crippen LogP contribution in [0.3, 0.4) is 0 Å². The molecule has 0 spiro atoms. The number of hydrogen-bond donors (Lipinski definition) is 0. The average molecular weight is 384 g/mol. The van der Waals surface area contributed by atoms with Crippen LogP contribution >= 0.6 is 39.1 Å². The molecule has 21 heavy (non-hydrogen) atoms. The number of imidazole rings is 1. The second-order valence-corrected chi connectivity index (χ2v) is 6.88. The molecule has 0 aliphatic heterocycles. The maximum Gasteiger partial charge on any atom is 0.132 e. The van der Waals surface area contributed by atoms with Crippen LogP contribution < -0.4 is 0 Å². The van der Waals surface area contributed by atoms with Gasteiger partial charge < -0.3 is 0 Å². The molecule has 2 aromatic carbocycles. The van der Waals surface area contributed by atoms with Crippen molar-refractivity contribution in [1.29, 1.82) is 0 Å². The van der Waals surface area contributed by atoms with Gasteiger partial charge in [-0.05, 0) is 49.7 Å². The molecule has 108 valence electrons. The number of alkyl halides is 1. The maximum atomic E-state index is 6.33. The first kappa shape index (κ1) is 14.9. The molecule has 3 aromatic rings. The van der Waals surface area contributed by atoms with E-state index in [2.05, 4.69) is 38.5 Å². The van der Waals surface area contributed by atoms with Crippen molar-refractivity contribution in [2.45, 2.75) is 19.2 Å². The van der Waals surface area contributed by atoms with E-state index in [-0.39, 0.29) is 5.38 Å². The van der Waals surface area contributed by atoms with Crippen LogP contribution in [-0.4, -0.2) is 9.55 Å². The fourth-order valence-corrected chi connectivity index (χ4v) is 3.09.